The lowest BCUT2D eigenvalue weighted by atomic mass is 10.2. The number of nitrogens with zero attached hydrogens (tertiary/aromatic N) is 1. The number of hydrogen-bond donors (Lipinski definition) is 1. The van der Waals surface area contributed by atoms with Crippen LogP contribution in [0.5, 0.6) is 0 Å². The lowest BCUT2D eigenvalue weighted by Gasteiger charge is -2.22. The average molecular weight is 299 g/mol. The van der Waals surface area contributed by atoms with E-state index in [0.717, 1.165) is 26.2 Å². The van der Waals surface area contributed by atoms with Crippen molar-refractivity contribution in [2.75, 3.05) is 24.5 Å². The van der Waals surface area contributed by atoms with E-state index in [2.05, 4.69) is 65.1 Å². The van der Waals surface area contributed by atoms with Gasteiger partial charge in [0.05, 0.1) is 0 Å². The molecule has 3 heteroatoms. The normalized spacial score (nSPS) is 10.6. The fourth-order valence-electron chi connectivity index (χ4n) is 1.86. The zero-order valence-corrected chi connectivity index (χ0v) is 12.7. The molecular formula is C14H23BrN2. The van der Waals surface area contributed by atoms with Gasteiger partial charge >= 0.3 is 0 Å². The molecule has 1 rings (SSSR count). The van der Waals surface area contributed by atoms with Crippen LogP contribution in [-0.4, -0.2) is 19.6 Å². The number of nitrogens with one attached hydrogen (secondary N) is 1. The number of rotatable bonds is 7. The smallest absolute Gasteiger partial charge is 0.0377 e. The van der Waals surface area contributed by atoms with Gasteiger partial charge in [-0.25, -0.2) is 0 Å². The summed E-state index contributed by atoms with van der Waals surface area (Å²) in [5.41, 5.74) is 2.62. The van der Waals surface area contributed by atoms with Crippen molar-refractivity contribution >= 4 is 21.6 Å². The van der Waals surface area contributed by atoms with Gasteiger partial charge in [-0.2, -0.15) is 0 Å². The Balaban J connectivity index is 2.71. The molecule has 0 saturated heterocycles. The molecule has 0 radical (unpaired) electrons. The van der Waals surface area contributed by atoms with Crippen molar-refractivity contribution in [1.82, 2.24) is 5.32 Å². The lowest BCUT2D eigenvalue weighted by Crippen LogP contribution is -2.22. The zero-order valence-electron chi connectivity index (χ0n) is 11.1. The molecule has 2 nitrogen and oxygen atoms in total. The Labute approximate surface area is 114 Å². The summed E-state index contributed by atoms with van der Waals surface area (Å²) in [4.78, 5) is 2.36. The Bertz CT molecular complexity index is 335. The summed E-state index contributed by atoms with van der Waals surface area (Å²) in [6.45, 7) is 10.7. The van der Waals surface area contributed by atoms with Gasteiger partial charge < -0.3 is 10.2 Å². The molecule has 1 aromatic carbocycles. The zero-order chi connectivity index (χ0) is 12.7. The molecule has 0 spiro atoms. The second kappa shape index (κ2) is 7.72. The molecule has 0 bridgehead atoms. The van der Waals surface area contributed by atoms with Crippen molar-refractivity contribution in [3.63, 3.8) is 0 Å². The van der Waals surface area contributed by atoms with Gasteiger partial charge in [0, 0.05) is 29.8 Å². The SMILES string of the molecule is CCCNCc1ccc(N(CC)CC)cc1Br. The molecule has 0 amide bonds. The Morgan fingerprint density at radius 2 is 1.88 bits per heavy atom. The Morgan fingerprint density at radius 1 is 1.18 bits per heavy atom. The molecule has 1 aromatic rings. The third-order valence-corrected chi connectivity index (χ3v) is 3.65. The maximum atomic E-state index is 3.66. The summed E-state index contributed by atoms with van der Waals surface area (Å²) in [6, 6.07) is 6.64. The monoisotopic (exact) mass is 298 g/mol. The van der Waals surface area contributed by atoms with E-state index in [-0.39, 0.29) is 0 Å². The molecule has 17 heavy (non-hydrogen) atoms. The van der Waals surface area contributed by atoms with E-state index >= 15 is 0 Å². The molecule has 0 aliphatic rings. The molecule has 1 N–H and O–H groups in total. The summed E-state index contributed by atoms with van der Waals surface area (Å²) in [5, 5.41) is 3.43. The van der Waals surface area contributed by atoms with Crippen molar-refractivity contribution < 1.29 is 0 Å². The molecular weight excluding hydrogens is 276 g/mol. The van der Waals surface area contributed by atoms with E-state index in [1.165, 1.54) is 22.1 Å². The topological polar surface area (TPSA) is 15.3 Å². The van der Waals surface area contributed by atoms with Crippen molar-refractivity contribution in [2.45, 2.75) is 33.7 Å². The van der Waals surface area contributed by atoms with E-state index in [0.29, 0.717) is 0 Å². The highest BCUT2D eigenvalue weighted by Crippen LogP contribution is 2.24. The van der Waals surface area contributed by atoms with Crippen LogP contribution in [0.25, 0.3) is 0 Å². The molecule has 0 aliphatic carbocycles. The molecule has 0 unspecified atom stereocenters. The highest BCUT2D eigenvalue weighted by atomic mass is 79.9. The van der Waals surface area contributed by atoms with Crippen LogP contribution in [0.2, 0.25) is 0 Å². The summed E-state index contributed by atoms with van der Waals surface area (Å²) in [6.07, 6.45) is 1.18. The van der Waals surface area contributed by atoms with Gasteiger partial charge in [-0.05, 0) is 44.5 Å². The van der Waals surface area contributed by atoms with Crippen molar-refractivity contribution in [2.24, 2.45) is 0 Å². The van der Waals surface area contributed by atoms with Gasteiger partial charge in [0.2, 0.25) is 0 Å². The van der Waals surface area contributed by atoms with E-state index < -0.39 is 0 Å². The van der Waals surface area contributed by atoms with Crippen LogP contribution in [0, 0.1) is 0 Å². The largest absolute Gasteiger partial charge is 0.372 e. The summed E-state index contributed by atoms with van der Waals surface area (Å²) in [5.74, 6) is 0. The molecule has 0 atom stereocenters. The second-order valence-corrected chi connectivity index (χ2v) is 4.98. The Morgan fingerprint density at radius 3 is 2.41 bits per heavy atom. The fourth-order valence-corrected chi connectivity index (χ4v) is 2.37. The molecule has 96 valence electrons. The van der Waals surface area contributed by atoms with Crippen LogP contribution >= 0.6 is 15.9 Å². The van der Waals surface area contributed by atoms with Crippen LogP contribution in [0.1, 0.15) is 32.8 Å². The maximum Gasteiger partial charge on any atom is 0.0377 e. The highest BCUT2D eigenvalue weighted by Gasteiger charge is 2.05. The predicted octanol–water partition coefficient (Wildman–Crippen LogP) is 3.79. The fraction of sp³-hybridized carbons (Fsp3) is 0.571. The standard InChI is InChI=1S/C14H23BrN2/c1-4-9-16-11-12-7-8-13(10-14(12)15)17(5-2)6-3/h7-8,10,16H,4-6,9,11H2,1-3H3. The first-order valence-corrected chi connectivity index (χ1v) is 7.26. The first kappa shape index (κ1) is 14.5. The summed E-state index contributed by atoms with van der Waals surface area (Å²) < 4.78 is 1.20. The molecule has 0 aliphatic heterocycles. The highest BCUT2D eigenvalue weighted by molar-refractivity contribution is 9.10. The van der Waals surface area contributed by atoms with Gasteiger partial charge in [0.25, 0.3) is 0 Å². The van der Waals surface area contributed by atoms with E-state index in [9.17, 15) is 0 Å². The number of anilines is 1. The van der Waals surface area contributed by atoms with Crippen LogP contribution in [-0.2, 0) is 6.54 Å². The van der Waals surface area contributed by atoms with Crippen LogP contribution in [0.15, 0.2) is 22.7 Å². The third-order valence-electron chi connectivity index (χ3n) is 2.91. The third kappa shape index (κ3) is 4.32. The first-order chi connectivity index (χ1) is 8.22. The lowest BCUT2D eigenvalue weighted by molar-refractivity contribution is 0.674. The first-order valence-electron chi connectivity index (χ1n) is 6.47. The minimum absolute atomic E-state index is 0.937. The Hall–Kier alpha value is -0.540. The van der Waals surface area contributed by atoms with Crippen LogP contribution in [0.3, 0.4) is 0 Å². The minimum atomic E-state index is 0.937. The van der Waals surface area contributed by atoms with Gasteiger partial charge in [0.15, 0.2) is 0 Å². The van der Waals surface area contributed by atoms with Crippen LogP contribution < -0.4 is 10.2 Å². The quantitative estimate of drug-likeness (QED) is 0.771. The number of halogens is 1. The van der Waals surface area contributed by atoms with E-state index in [1.807, 2.05) is 0 Å². The minimum Gasteiger partial charge on any atom is -0.372 e. The number of hydrogen-bond acceptors (Lipinski definition) is 2. The van der Waals surface area contributed by atoms with Crippen molar-refractivity contribution in [1.29, 1.82) is 0 Å². The summed E-state index contributed by atoms with van der Waals surface area (Å²) in [7, 11) is 0. The number of benzene rings is 1. The molecule has 0 saturated carbocycles. The predicted molar refractivity (Wildman–Crippen MR) is 79.7 cm³/mol. The van der Waals surface area contributed by atoms with E-state index in [4.69, 9.17) is 0 Å². The van der Waals surface area contributed by atoms with Gasteiger partial charge in [-0.15, -0.1) is 0 Å². The average Bonchev–Trinajstić information content (AvgIpc) is 2.33. The maximum absolute atomic E-state index is 3.66. The van der Waals surface area contributed by atoms with Crippen molar-refractivity contribution in [3.05, 3.63) is 28.2 Å². The van der Waals surface area contributed by atoms with E-state index in [1.54, 1.807) is 0 Å². The van der Waals surface area contributed by atoms with Gasteiger partial charge in [-0.3, -0.25) is 0 Å². The molecule has 0 heterocycles. The van der Waals surface area contributed by atoms with Crippen molar-refractivity contribution in [3.8, 4) is 0 Å². The summed E-state index contributed by atoms with van der Waals surface area (Å²) >= 11 is 3.66. The van der Waals surface area contributed by atoms with Gasteiger partial charge in [-0.1, -0.05) is 28.9 Å². The Kier molecular flexibility index (Phi) is 6.60. The van der Waals surface area contributed by atoms with Gasteiger partial charge in [0.1, 0.15) is 0 Å². The second-order valence-electron chi connectivity index (χ2n) is 4.12. The molecule has 0 aromatic heterocycles. The van der Waals surface area contributed by atoms with Crippen LogP contribution in [0.4, 0.5) is 5.69 Å². The molecule has 0 fully saturated rings.